The molecule has 1 aliphatic carbocycles. The van der Waals surface area contributed by atoms with Crippen LogP contribution >= 0.6 is 0 Å². The van der Waals surface area contributed by atoms with Crippen molar-refractivity contribution in [1.29, 1.82) is 5.26 Å². The Labute approximate surface area is 267 Å². The minimum absolute atomic E-state index is 0.0550. The topological polar surface area (TPSA) is 139 Å². The molecule has 1 N–H and O–H groups in total. The summed E-state index contributed by atoms with van der Waals surface area (Å²) >= 11 is 0. The minimum atomic E-state index is -3.73. The van der Waals surface area contributed by atoms with Crippen LogP contribution in [0.5, 0.6) is 0 Å². The summed E-state index contributed by atoms with van der Waals surface area (Å²) in [5.74, 6) is 1.27. The van der Waals surface area contributed by atoms with Crippen molar-refractivity contribution in [3.63, 3.8) is 0 Å². The van der Waals surface area contributed by atoms with E-state index in [0.717, 1.165) is 60.3 Å². The molecule has 1 unspecified atom stereocenters. The molecule has 11 nitrogen and oxygen atoms in total. The average Bonchev–Trinajstić information content (AvgIpc) is 3.65. The van der Waals surface area contributed by atoms with Crippen molar-refractivity contribution >= 4 is 20.7 Å². The number of benzene rings is 1. The van der Waals surface area contributed by atoms with Crippen molar-refractivity contribution in [1.82, 2.24) is 29.0 Å². The average molecular weight is 638 g/mol. The molecule has 4 aromatic heterocycles. The zero-order chi connectivity index (χ0) is 32.3. The molecule has 2 atom stereocenters. The lowest BCUT2D eigenvalue weighted by molar-refractivity contribution is -0.0324. The highest BCUT2D eigenvalue weighted by Gasteiger charge is 2.29. The number of hydrogen-bond acceptors (Lipinski definition) is 8. The first-order valence-corrected chi connectivity index (χ1v) is 17.3. The van der Waals surface area contributed by atoms with Crippen LogP contribution in [-0.2, 0) is 21.6 Å². The molecule has 46 heavy (non-hydrogen) atoms. The maximum atomic E-state index is 14.2. The molecule has 2 fully saturated rings. The van der Waals surface area contributed by atoms with Gasteiger partial charge >= 0.3 is 0 Å². The van der Waals surface area contributed by atoms with Gasteiger partial charge in [0.15, 0.2) is 9.84 Å². The van der Waals surface area contributed by atoms with E-state index in [1.165, 1.54) is 10.8 Å². The van der Waals surface area contributed by atoms with Crippen LogP contribution in [0.25, 0.3) is 39.2 Å². The van der Waals surface area contributed by atoms with Gasteiger partial charge in [-0.1, -0.05) is 6.07 Å². The third-order valence-electron chi connectivity index (χ3n) is 9.05. The van der Waals surface area contributed by atoms with E-state index in [1.807, 2.05) is 49.9 Å². The van der Waals surface area contributed by atoms with E-state index in [4.69, 9.17) is 9.72 Å². The predicted molar refractivity (Wildman–Crippen MR) is 175 cm³/mol. The number of nitrogens with zero attached hydrogens (tertiary/aromatic N) is 6. The van der Waals surface area contributed by atoms with Gasteiger partial charge in [-0.2, -0.15) is 5.26 Å². The number of fused-ring (bicyclic) bond motifs is 1. The Morgan fingerprint density at radius 1 is 1.15 bits per heavy atom. The lowest BCUT2D eigenvalue weighted by Gasteiger charge is -2.35. The van der Waals surface area contributed by atoms with E-state index in [9.17, 15) is 18.5 Å². The summed E-state index contributed by atoms with van der Waals surface area (Å²) in [6.07, 6.45) is 8.16. The zero-order valence-corrected chi connectivity index (χ0v) is 27.0. The Balaban J connectivity index is 1.42. The Kier molecular flexibility index (Phi) is 7.43. The quantitative estimate of drug-likeness (QED) is 0.271. The molecule has 2 aliphatic rings. The van der Waals surface area contributed by atoms with Crippen molar-refractivity contribution in [2.45, 2.75) is 49.6 Å². The number of aryl methyl sites for hydroxylation is 1. The third-order valence-corrected chi connectivity index (χ3v) is 10.2. The first-order valence-electron chi connectivity index (χ1n) is 15.4. The summed E-state index contributed by atoms with van der Waals surface area (Å²) in [6.45, 7) is 6.15. The van der Waals surface area contributed by atoms with Crippen molar-refractivity contribution in [2.75, 3.05) is 26.0 Å². The maximum Gasteiger partial charge on any atom is 0.280 e. The summed E-state index contributed by atoms with van der Waals surface area (Å²) in [6, 6.07) is 13.2. The molecule has 236 valence electrons. The van der Waals surface area contributed by atoms with Crippen LogP contribution in [0, 0.1) is 11.3 Å². The normalized spacial score (nSPS) is 18.1. The second-order valence-electron chi connectivity index (χ2n) is 12.5. The number of aromatic amines is 1. The van der Waals surface area contributed by atoms with E-state index in [0.29, 0.717) is 29.2 Å². The van der Waals surface area contributed by atoms with Crippen LogP contribution in [0.15, 0.2) is 64.7 Å². The van der Waals surface area contributed by atoms with Crippen LogP contribution in [0.2, 0.25) is 0 Å². The van der Waals surface area contributed by atoms with Gasteiger partial charge in [-0.05, 0) is 68.1 Å². The molecule has 5 aromatic rings. The van der Waals surface area contributed by atoms with E-state index in [1.54, 1.807) is 24.4 Å². The highest BCUT2D eigenvalue weighted by Crippen LogP contribution is 2.42. The number of morpholine rings is 1. The Morgan fingerprint density at radius 2 is 1.96 bits per heavy atom. The van der Waals surface area contributed by atoms with Gasteiger partial charge in [0, 0.05) is 79.3 Å². The Bertz CT molecular complexity index is 2200. The van der Waals surface area contributed by atoms with Gasteiger partial charge in [-0.15, -0.1) is 0 Å². The van der Waals surface area contributed by atoms with E-state index in [2.05, 4.69) is 20.9 Å². The first kappa shape index (κ1) is 30.1. The molecular weight excluding hydrogens is 602 g/mol. The number of rotatable bonds is 7. The smallest absolute Gasteiger partial charge is 0.280 e. The molecule has 0 bridgehead atoms. The third kappa shape index (κ3) is 5.44. The number of hydrogen-bond donors (Lipinski definition) is 1. The van der Waals surface area contributed by atoms with E-state index < -0.39 is 9.84 Å². The van der Waals surface area contributed by atoms with E-state index in [-0.39, 0.29) is 34.0 Å². The molecule has 0 spiro atoms. The molecule has 5 heterocycles. The summed E-state index contributed by atoms with van der Waals surface area (Å²) in [7, 11) is -1.84. The molecular formula is C34H35N7O4S. The summed E-state index contributed by atoms with van der Waals surface area (Å²) in [5, 5.41) is 10.0. The van der Waals surface area contributed by atoms with Crippen LogP contribution in [0.4, 0.5) is 0 Å². The van der Waals surface area contributed by atoms with Crippen molar-refractivity contribution in [2.24, 2.45) is 7.05 Å². The van der Waals surface area contributed by atoms with Gasteiger partial charge in [-0.25, -0.2) is 18.4 Å². The standard InChI is InChI=1S/C34H35N7O4S/c1-20-18-40(11-12-45-20)21(2)28-16-27-30(46(4,43)44)19-41(34(42)32(27)38-28)31-15-24(14-29(37-31)23-6-7-23)25-8-5-22(17-35)13-26(25)33-36-9-10-39(33)3/h5,8-10,13-16,19-21,23,38H,6-7,11-12,18H2,1-4H3/t20-,21?/m1/s1. The molecule has 0 radical (unpaired) electrons. The molecule has 1 aromatic carbocycles. The lowest BCUT2D eigenvalue weighted by Crippen LogP contribution is -2.42. The largest absolute Gasteiger partial charge is 0.376 e. The highest BCUT2D eigenvalue weighted by atomic mass is 32.2. The second kappa shape index (κ2) is 11.3. The van der Waals surface area contributed by atoms with Crippen molar-refractivity contribution < 1.29 is 13.2 Å². The van der Waals surface area contributed by atoms with Gasteiger partial charge in [0.05, 0.1) is 29.2 Å². The summed E-state index contributed by atoms with van der Waals surface area (Å²) in [4.78, 5) is 29.3. The number of aromatic nitrogens is 5. The summed E-state index contributed by atoms with van der Waals surface area (Å²) in [5.41, 5.74) is 4.33. The van der Waals surface area contributed by atoms with Crippen molar-refractivity contribution in [3.05, 3.63) is 82.3 Å². The molecule has 12 heteroatoms. The molecule has 1 saturated heterocycles. The van der Waals surface area contributed by atoms with Crippen molar-refractivity contribution in [3.8, 4) is 34.4 Å². The highest BCUT2D eigenvalue weighted by molar-refractivity contribution is 7.91. The monoisotopic (exact) mass is 637 g/mol. The number of H-pyrrole nitrogens is 1. The minimum Gasteiger partial charge on any atom is -0.376 e. The fraction of sp³-hybridized carbons (Fsp3) is 0.353. The molecule has 0 amide bonds. The van der Waals surface area contributed by atoms with Gasteiger partial charge in [-0.3, -0.25) is 14.3 Å². The zero-order valence-electron chi connectivity index (χ0n) is 26.2. The number of nitrogens with one attached hydrogen (secondary N) is 1. The Morgan fingerprint density at radius 3 is 2.63 bits per heavy atom. The molecule has 1 aliphatic heterocycles. The van der Waals surface area contributed by atoms with Crippen LogP contribution in [0.1, 0.15) is 55.6 Å². The van der Waals surface area contributed by atoms with Crippen LogP contribution in [-0.4, -0.2) is 69.5 Å². The second-order valence-corrected chi connectivity index (χ2v) is 14.4. The number of pyridine rings is 2. The SMILES string of the molecule is CC(c1cc2c(S(C)(=O)=O)cn(-c3cc(-c4ccc(C#N)cc4-c4nccn4C)cc(C4CC4)n3)c(=O)c2[nH]1)N1CCO[C@H](C)C1. The number of sulfone groups is 1. The van der Waals surface area contributed by atoms with Gasteiger partial charge in [0.1, 0.15) is 17.2 Å². The van der Waals surface area contributed by atoms with Crippen LogP contribution < -0.4 is 5.56 Å². The number of ether oxygens (including phenoxy) is 1. The predicted octanol–water partition coefficient (Wildman–Crippen LogP) is 4.72. The van der Waals surface area contributed by atoms with Gasteiger partial charge in [0.25, 0.3) is 5.56 Å². The first-order chi connectivity index (χ1) is 22.0. The number of imidazole rings is 1. The van der Waals surface area contributed by atoms with Gasteiger partial charge < -0.3 is 14.3 Å². The fourth-order valence-corrected chi connectivity index (χ4v) is 7.23. The fourth-order valence-electron chi connectivity index (χ4n) is 6.37. The van der Waals surface area contributed by atoms with Gasteiger partial charge in [0.2, 0.25) is 0 Å². The molecule has 1 saturated carbocycles. The summed E-state index contributed by atoms with van der Waals surface area (Å²) < 4.78 is 35.3. The maximum absolute atomic E-state index is 14.2. The lowest BCUT2D eigenvalue weighted by atomic mass is 9.96. The Hall–Kier alpha value is -4.57. The molecule has 7 rings (SSSR count). The van der Waals surface area contributed by atoms with E-state index >= 15 is 0 Å². The number of nitriles is 1. The van der Waals surface area contributed by atoms with Crippen LogP contribution in [0.3, 0.4) is 0 Å².